The molecule has 70 valence electrons. The van der Waals surface area contributed by atoms with Gasteiger partial charge >= 0.3 is 6.03 Å². The molecule has 0 bridgehead atoms. The first-order valence-corrected chi connectivity index (χ1v) is 4.38. The number of rotatable bonds is 3. The van der Waals surface area contributed by atoms with Crippen LogP contribution in [0.4, 0.5) is 4.79 Å². The highest BCUT2D eigenvalue weighted by Crippen LogP contribution is 2.18. The summed E-state index contributed by atoms with van der Waals surface area (Å²) in [5, 5.41) is 4.04. The van der Waals surface area contributed by atoms with Gasteiger partial charge in [0.15, 0.2) is 0 Å². The second-order valence-corrected chi connectivity index (χ2v) is 3.34. The molecule has 1 unspecified atom stereocenters. The van der Waals surface area contributed by atoms with Gasteiger partial charge in [-0.05, 0) is 11.4 Å². The van der Waals surface area contributed by atoms with Crippen molar-refractivity contribution in [1.82, 2.24) is 5.32 Å². The molecule has 0 saturated heterocycles. The quantitative estimate of drug-likeness (QED) is 0.635. The number of amides is 3. The summed E-state index contributed by atoms with van der Waals surface area (Å²) in [6.45, 7) is 0. The molecule has 1 rings (SSSR count). The number of primary amides is 2. The fourth-order valence-electron chi connectivity index (χ4n) is 0.880. The number of hydrogen-bond acceptors (Lipinski definition) is 3. The average molecular weight is 199 g/mol. The molecule has 0 aromatic carbocycles. The van der Waals surface area contributed by atoms with Crippen LogP contribution in [0, 0.1) is 0 Å². The van der Waals surface area contributed by atoms with Crippen molar-refractivity contribution in [2.75, 3.05) is 0 Å². The van der Waals surface area contributed by atoms with Crippen LogP contribution in [0.3, 0.4) is 0 Å². The molecule has 5 N–H and O–H groups in total. The molecular formula is C7H9N3O2S. The summed E-state index contributed by atoms with van der Waals surface area (Å²) in [7, 11) is 0. The second-order valence-electron chi connectivity index (χ2n) is 2.36. The van der Waals surface area contributed by atoms with E-state index in [2.05, 4.69) is 5.32 Å². The van der Waals surface area contributed by atoms with Crippen LogP contribution in [0.15, 0.2) is 17.5 Å². The molecule has 3 amide bonds. The zero-order valence-corrected chi connectivity index (χ0v) is 7.51. The molecule has 0 aliphatic heterocycles. The Balaban J connectivity index is 2.81. The Morgan fingerprint density at radius 3 is 2.54 bits per heavy atom. The van der Waals surface area contributed by atoms with E-state index < -0.39 is 18.0 Å². The Kier molecular flexibility index (Phi) is 2.86. The van der Waals surface area contributed by atoms with Gasteiger partial charge in [0.25, 0.3) is 0 Å². The number of nitrogens with one attached hydrogen (secondary N) is 1. The minimum absolute atomic E-state index is 0.624. The Morgan fingerprint density at radius 2 is 2.15 bits per heavy atom. The van der Waals surface area contributed by atoms with Crippen molar-refractivity contribution in [3.63, 3.8) is 0 Å². The third-order valence-electron chi connectivity index (χ3n) is 1.40. The minimum Gasteiger partial charge on any atom is -0.368 e. The van der Waals surface area contributed by atoms with E-state index in [-0.39, 0.29) is 0 Å². The van der Waals surface area contributed by atoms with Gasteiger partial charge in [-0.3, -0.25) is 4.79 Å². The van der Waals surface area contributed by atoms with Crippen molar-refractivity contribution in [1.29, 1.82) is 0 Å². The summed E-state index contributed by atoms with van der Waals surface area (Å²) in [5.41, 5.74) is 9.96. The third-order valence-corrected chi connectivity index (χ3v) is 2.34. The Bertz CT molecular complexity index is 310. The van der Waals surface area contributed by atoms with Gasteiger partial charge < -0.3 is 16.8 Å². The average Bonchev–Trinajstić information content (AvgIpc) is 2.50. The van der Waals surface area contributed by atoms with Crippen molar-refractivity contribution in [3.8, 4) is 0 Å². The maximum atomic E-state index is 10.9. The minimum atomic E-state index is -0.822. The number of thiophene rings is 1. The van der Waals surface area contributed by atoms with Gasteiger partial charge in [-0.1, -0.05) is 6.07 Å². The van der Waals surface area contributed by atoms with Crippen molar-refractivity contribution >= 4 is 23.3 Å². The lowest BCUT2D eigenvalue weighted by Crippen LogP contribution is -2.39. The fourth-order valence-corrected chi connectivity index (χ4v) is 1.66. The fraction of sp³-hybridized carbons (Fsp3) is 0.143. The third kappa shape index (κ3) is 2.45. The van der Waals surface area contributed by atoms with Crippen molar-refractivity contribution in [2.45, 2.75) is 6.04 Å². The molecule has 1 heterocycles. The lowest BCUT2D eigenvalue weighted by Gasteiger charge is -2.11. The molecule has 0 saturated carbocycles. The highest BCUT2D eigenvalue weighted by Gasteiger charge is 2.19. The van der Waals surface area contributed by atoms with Crippen LogP contribution in [0.1, 0.15) is 10.9 Å². The standard InChI is InChI=1S/C7H9N3O2S/c8-6(11)5(10-7(9)12)4-2-1-3-13-4/h1-3,5H,(H2,8,11)(H3,9,10,12). The predicted octanol–water partition coefficient (Wildman–Crippen LogP) is -0.0572. The molecular weight excluding hydrogens is 190 g/mol. The maximum absolute atomic E-state index is 10.9. The van der Waals surface area contributed by atoms with Crippen molar-refractivity contribution in [3.05, 3.63) is 22.4 Å². The van der Waals surface area contributed by atoms with Crippen LogP contribution in [-0.4, -0.2) is 11.9 Å². The van der Waals surface area contributed by atoms with E-state index in [0.29, 0.717) is 4.88 Å². The lowest BCUT2D eigenvalue weighted by atomic mass is 10.2. The lowest BCUT2D eigenvalue weighted by molar-refractivity contribution is -0.119. The molecule has 0 aliphatic carbocycles. The smallest absolute Gasteiger partial charge is 0.313 e. The van der Waals surface area contributed by atoms with Gasteiger partial charge in [-0.25, -0.2) is 4.79 Å². The van der Waals surface area contributed by atoms with Crippen LogP contribution in [-0.2, 0) is 4.79 Å². The molecule has 13 heavy (non-hydrogen) atoms. The van der Waals surface area contributed by atoms with E-state index in [9.17, 15) is 9.59 Å². The number of urea groups is 1. The molecule has 1 atom stereocenters. The molecule has 0 fully saturated rings. The molecule has 1 aromatic rings. The summed E-state index contributed by atoms with van der Waals surface area (Å²) < 4.78 is 0. The second kappa shape index (κ2) is 3.90. The first kappa shape index (κ1) is 9.53. The Hall–Kier alpha value is -1.56. The largest absolute Gasteiger partial charge is 0.368 e. The molecule has 6 heteroatoms. The van der Waals surface area contributed by atoms with E-state index in [1.54, 1.807) is 17.5 Å². The summed E-state index contributed by atoms with van der Waals surface area (Å²) in [6.07, 6.45) is 0. The summed E-state index contributed by atoms with van der Waals surface area (Å²) >= 11 is 1.33. The Morgan fingerprint density at radius 1 is 1.46 bits per heavy atom. The van der Waals surface area contributed by atoms with Gasteiger partial charge in [0, 0.05) is 4.88 Å². The zero-order valence-electron chi connectivity index (χ0n) is 6.69. The monoisotopic (exact) mass is 199 g/mol. The Labute approximate surface area is 78.7 Å². The number of carbonyl (C=O) groups is 2. The van der Waals surface area contributed by atoms with E-state index >= 15 is 0 Å². The number of nitrogens with two attached hydrogens (primary N) is 2. The van der Waals surface area contributed by atoms with Gasteiger partial charge in [0.05, 0.1) is 0 Å². The van der Waals surface area contributed by atoms with Crippen LogP contribution < -0.4 is 16.8 Å². The highest BCUT2D eigenvalue weighted by molar-refractivity contribution is 7.10. The van der Waals surface area contributed by atoms with Gasteiger partial charge in [-0.2, -0.15) is 0 Å². The van der Waals surface area contributed by atoms with Crippen molar-refractivity contribution in [2.24, 2.45) is 11.5 Å². The molecule has 0 spiro atoms. The van der Waals surface area contributed by atoms with E-state index in [1.165, 1.54) is 11.3 Å². The van der Waals surface area contributed by atoms with Crippen LogP contribution in [0.25, 0.3) is 0 Å². The van der Waals surface area contributed by atoms with Crippen molar-refractivity contribution < 1.29 is 9.59 Å². The van der Waals surface area contributed by atoms with Gasteiger partial charge in [0.2, 0.25) is 5.91 Å². The van der Waals surface area contributed by atoms with E-state index in [1.807, 2.05) is 0 Å². The molecule has 0 aliphatic rings. The number of carbonyl (C=O) groups excluding carboxylic acids is 2. The first-order valence-electron chi connectivity index (χ1n) is 3.50. The normalized spacial score (nSPS) is 12.0. The number of hydrogen-bond donors (Lipinski definition) is 3. The van der Waals surface area contributed by atoms with Crippen LogP contribution in [0.2, 0.25) is 0 Å². The summed E-state index contributed by atoms with van der Waals surface area (Å²) in [6, 6.07) is 1.88. The SMILES string of the molecule is NC(=O)NC(C(N)=O)c1cccs1. The van der Waals surface area contributed by atoms with E-state index in [4.69, 9.17) is 11.5 Å². The summed E-state index contributed by atoms with van der Waals surface area (Å²) in [5.74, 6) is -0.624. The first-order chi connectivity index (χ1) is 6.11. The van der Waals surface area contributed by atoms with Crippen LogP contribution in [0.5, 0.6) is 0 Å². The van der Waals surface area contributed by atoms with Gasteiger partial charge in [0.1, 0.15) is 6.04 Å². The van der Waals surface area contributed by atoms with Crippen LogP contribution >= 0.6 is 11.3 Å². The molecule has 0 radical (unpaired) electrons. The molecule has 5 nitrogen and oxygen atoms in total. The highest BCUT2D eigenvalue weighted by atomic mass is 32.1. The zero-order chi connectivity index (χ0) is 9.84. The topological polar surface area (TPSA) is 98.2 Å². The summed E-state index contributed by atoms with van der Waals surface area (Å²) in [4.78, 5) is 22.1. The van der Waals surface area contributed by atoms with Gasteiger partial charge in [-0.15, -0.1) is 11.3 Å². The molecule has 1 aromatic heterocycles. The van der Waals surface area contributed by atoms with E-state index in [0.717, 1.165) is 0 Å². The predicted molar refractivity (Wildman–Crippen MR) is 49.0 cm³/mol. The maximum Gasteiger partial charge on any atom is 0.313 e.